The van der Waals surface area contributed by atoms with E-state index in [1.807, 2.05) is 12.1 Å². The maximum absolute atomic E-state index is 14.5. The van der Waals surface area contributed by atoms with Crippen LogP contribution in [0.4, 0.5) is 15.8 Å². The first kappa shape index (κ1) is 13.2. The molecule has 106 valence electrons. The highest BCUT2D eigenvalue weighted by Crippen LogP contribution is 2.37. The lowest BCUT2D eigenvalue weighted by Crippen LogP contribution is -2.33. The topological polar surface area (TPSA) is 42.1 Å². The van der Waals surface area contributed by atoms with Crippen molar-refractivity contribution in [3.63, 3.8) is 0 Å². The van der Waals surface area contributed by atoms with Gasteiger partial charge in [-0.25, -0.2) is 4.39 Å². The number of benzene rings is 1. The smallest absolute Gasteiger partial charge is 0.150 e. The molecule has 1 aliphatic carbocycles. The predicted molar refractivity (Wildman–Crippen MR) is 81.3 cm³/mol. The van der Waals surface area contributed by atoms with E-state index in [1.54, 1.807) is 6.20 Å². The summed E-state index contributed by atoms with van der Waals surface area (Å²) in [6.07, 6.45) is 4.18. The van der Waals surface area contributed by atoms with Crippen molar-refractivity contribution in [2.45, 2.75) is 32.7 Å². The van der Waals surface area contributed by atoms with Crippen LogP contribution in [-0.4, -0.2) is 17.6 Å². The predicted octanol–water partition coefficient (Wildman–Crippen LogP) is 3.58. The van der Waals surface area contributed by atoms with Gasteiger partial charge in [-0.1, -0.05) is 0 Å². The summed E-state index contributed by atoms with van der Waals surface area (Å²) in [5.74, 6) is 0.413. The number of aromatic nitrogens is 1. The Morgan fingerprint density at radius 2 is 2.20 bits per heavy atom. The maximum Gasteiger partial charge on any atom is 0.150 e. The second-order valence-corrected chi connectivity index (χ2v) is 5.89. The van der Waals surface area contributed by atoms with Crippen LogP contribution in [0.25, 0.3) is 10.9 Å². The molecule has 2 aromatic rings. The summed E-state index contributed by atoms with van der Waals surface area (Å²) in [6, 6.07) is 5.39. The lowest BCUT2D eigenvalue weighted by molar-refractivity contribution is 0.591. The highest BCUT2D eigenvalue weighted by molar-refractivity contribution is 5.99. The van der Waals surface area contributed by atoms with Gasteiger partial charge in [-0.15, -0.1) is 0 Å². The standard InChI is InChI=1S/C16H20FN3/c1-10(2)20(9-11-5-6-11)16-13(17)8-14(18)12-4-3-7-19-15(12)16/h3-4,7-8,10-11H,5-6,9,18H2,1-2H3. The van der Waals surface area contributed by atoms with Gasteiger partial charge < -0.3 is 10.6 Å². The number of anilines is 2. The minimum atomic E-state index is -0.275. The van der Waals surface area contributed by atoms with Gasteiger partial charge in [0.1, 0.15) is 5.69 Å². The number of fused-ring (bicyclic) bond motifs is 1. The fourth-order valence-corrected chi connectivity index (χ4v) is 2.63. The molecule has 20 heavy (non-hydrogen) atoms. The Kier molecular flexibility index (Phi) is 3.24. The monoisotopic (exact) mass is 273 g/mol. The quantitative estimate of drug-likeness (QED) is 0.866. The third-order valence-electron chi connectivity index (χ3n) is 3.91. The van der Waals surface area contributed by atoms with Gasteiger partial charge in [0.05, 0.1) is 5.52 Å². The van der Waals surface area contributed by atoms with Crippen molar-refractivity contribution in [3.8, 4) is 0 Å². The number of rotatable bonds is 4. The number of nitrogens with zero attached hydrogens (tertiary/aromatic N) is 2. The van der Waals surface area contributed by atoms with E-state index >= 15 is 0 Å². The Hall–Kier alpha value is -1.84. The lowest BCUT2D eigenvalue weighted by Gasteiger charge is -2.30. The number of nitrogen functional groups attached to an aromatic ring is 1. The first-order valence-electron chi connectivity index (χ1n) is 7.17. The Morgan fingerprint density at radius 1 is 1.45 bits per heavy atom. The van der Waals surface area contributed by atoms with Crippen LogP contribution in [0.2, 0.25) is 0 Å². The third kappa shape index (κ3) is 2.30. The molecule has 0 amide bonds. The molecule has 3 rings (SSSR count). The normalized spacial score (nSPS) is 15.0. The van der Waals surface area contributed by atoms with Gasteiger partial charge in [0.25, 0.3) is 0 Å². The van der Waals surface area contributed by atoms with Crippen molar-refractivity contribution in [3.05, 3.63) is 30.2 Å². The van der Waals surface area contributed by atoms with Gasteiger partial charge in [0.15, 0.2) is 5.82 Å². The lowest BCUT2D eigenvalue weighted by atomic mass is 10.1. The molecule has 0 atom stereocenters. The van der Waals surface area contributed by atoms with Crippen molar-refractivity contribution in [2.24, 2.45) is 5.92 Å². The minimum absolute atomic E-state index is 0.235. The van der Waals surface area contributed by atoms with Crippen molar-refractivity contribution >= 4 is 22.3 Å². The van der Waals surface area contributed by atoms with E-state index in [0.29, 0.717) is 22.8 Å². The first-order chi connectivity index (χ1) is 9.58. The van der Waals surface area contributed by atoms with Gasteiger partial charge >= 0.3 is 0 Å². The van der Waals surface area contributed by atoms with Gasteiger partial charge in [-0.3, -0.25) is 4.98 Å². The zero-order chi connectivity index (χ0) is 14.3. The molecule has 0 saturated heterocycles. The molecule has 0 spiro atoms. The average Bonchev–Trinajstić information content (AvgIpc) is 3.21. The van der Waals surface area contributed by atoms with Crippen LogP contribution in [0.5, 0.6) is 0 Å². The number of pyridine rings is 1. The first-order valence-corrected chi connectivity index (χ1v) is 7.17. The second kappa shape index (κ2) is 4.93. The van der Waals surface area contributed by atoms with Gasteiger partial charge in [0.2, 0.25) is 0 Å². The molecule has 1 aromatic heterocycles. The molecular weight excluding hydrogens is 253 g/mol. The molecule has 0 radical (unpaired) electrons. The van der Waals surface area contributed by atoms with E-state index in [1.165, 1.54) is 18.9 Å². The molecular formula is C16H20FN3. The Morgan fingerprint density at radius 3 is 2.85 bits per heavy atom. The Bertz CT molecular complexity index is 635. The highest BCUT2D eigenvalue weighted by Gasteiger charge is 2.28. The molecule has 2 N–H and O–H groups in total. The summed E-state index contributed by atoms with van der Waals surface area (Å²) in [5, 5.41) is 0.824. The van der Waals surface area contributed by atoms with Crippen molar-refractivity contribution in [2.75, 3.05) is 17.2 Å². The van der Waals surface area contributed by atoms with Crippen molar-refractivity contribution in [1.82, 2.24) is 4.98 Å². The van der Waals surface area contributed by atoms with Crippen LogP contribution in [0, 0.1) is 11.7 Å². The van der Waals surface area contributed by atoms with Crippen LogP contribution in [-0.2, 0) is 0 Å². The minimum Gasteiger partial charge on any atom is -0.398 e. The van der Waals surface area contributed by atoms with E-state index < -0.39 is 0 Å². The summed E-state index contributed by atoms with van der Waals surface area (Å²) in [7, 11) is 0. The average molecular weight is 273 g/mol. The van der Waals surface area contributed by atoms with Gasteiger partial charge in [-0.2, -0.15) is 0 Å². The zero-order valence-corrected chi connectivity index (χ0v) is 11.9. The van der Waals surface area contributed by atoms with Crippen LogP contribution in [0.1, 0.15) is 26.7 Å². The van der Waals surface area contributed by atoms with E-state index in [2.05, 4.69) is 23.7 Å². The zero-order valence-electron chi connectivity index (χ0n) is 11.9. The van der Waals surface area contributed by atoms with Crippen molar-refractivity contribution in [1.29, 1.82) is 0 Å². The summed E-state index contributed by atoms with van der Waals surface area (Å²) in [6.45, 7) is 5.07. The third-order valence-corrected chi connectivity index (χ3v) is 3.91. The SMILES string of the molecule is CC(C)N(CC1CC1)c1c(F)cc(N)c2cccnc12. The number of halogens is 1. The molecule has 4 heteroatoms. The maximum atomic E-state index is 14.5. The molecule has 1 saturated carbocycles. The highest BCUT2D eigenvalue weighted by atomic mass is 19.1. The molecule has 0 bridgehead atoms. The summed E-state index contributed by atoms with van der Waals surface area (Å²) < 4.78 is 14.5. The molecule has 0 unspecified atom stereocenters. The van der Waals surface area contributed by atoms with E-state index in [-0.39, 0.29) is 11.9 Å². The largest absolute Gasteiger partial charge is 0.398 e. The molecule has 1 fully saturated rings. The van der Waals surface area contributed by atoms with E-state index in [0.717, 1.165) is 11.9 Å². The van der Waals surface area contributed by atoms with Crippen molar-refractivity contribution < 1.29 is 4.39 Å². The van der Waals surface area contributed by atoms with Crippen LogP contribution >= 0.6 is 0 Å². The van der Waals surface area contributed by atoms with Crippen LogP contribution in [0.15, 0.2) is 24.4 Å². The summed E-state index contributed by atoms with van der Waals surface area (Å²) >= 11 is 0. The second-order valence-electron chi connectivity index (χ2n) is 5.89. The van der Waals surface area contributed by atoms with E-state index in [9.17, 15) is 4.39 Å². The molecule has 0 aliphatic heterocycles. The summed E-state index contributed by atoms with van der Waals surface area (Å²) in [4.78, 5) is 6.50. The Balaban J connectivity index is 2.17. The van der Waals surface area contributed by atoms with Crippen LogP contribution < -0.4 is 10.6 Å². The van der Waals surface area contributed by atoms with E-state index in [4.69, 9.17) is 5.73 Å². The molecule has 3 nitrogen and oxygen atoms in total. The molecule has 1 heterocycles. The number of hydrogen-bond acceptors (Lipinski definition) is 3. The fourth-order valence-electron chi connectivity index (χ4n) is 2.63. The Labute approximate surface area is 118 Å². The summed E-state index contributed by atoms with van der Waals surface area (Å²) in [5.41, 5.74) is 7.63. The molecule has 1 aromatic carbocycles. The van der Waals surface area contributed by atoms with Gasteiger partial charge in [-0.05, 0) is 50.8 Å². The van der Waals surface area contributed by atoms with Crippen LogP contribution in [0.3, 0.4) is 0 Å². The number of nitrogens with two attached hydrogens (primary N) is 1. The number of hydrogen-bond donors (Lipinski definition) is 1. The van der Waals surface area contributed by atoms with Gasteiger partial charge in [0, 0.05) is 29.9 Å². The molecule has 1 aliphatic rings. The fraction of sp³-hybridized carbons (Fsp3) is 0.438.